The number of aliphatic hydroxyl groups is 1. The van der Waals surface area contributed by atoms with Gasteiger partial charge in [0.05, 0.1) is 12.3 Å². The molecule has 0 bridgehead atoms. The van der Waals surface area contributed by atoms with E-state index in [0.29, 0.717) is 12.4 Å². The molecule has 3 N–H and O–H groups in total. The maximum atomic E-state index is 11.9. The Bertz CT molecular complexity index is 1020. The Morgan fingerprint density at radius 2 is 1.90 bits per heavy atom. The lowest BCUT2D eigenvalue weighted by molar-refractivity contribution is 0.246. The van der Waals surface area contributed by atoms with Gasteiger partial charge in [0, 0.05) is 19.8 Å². The maximum Gasteiger partial charge on any atom is 0.320 e. The van der Waals surface area contributed by atoms with Gasteiger partial charge in [0.1, 0.15) is 5.84 Å². The van der Waals surface area contributed by atoms with Crippen LogP contribution in [0.15, 0.2) is 65.1 Å². The second-order valence-electron chi connectivity index (χ2n) is 6.95. The van der Waals surface area contributed by atoms with E-state index in [2.05, 4.69) is 33.3 Å². The molecule has 0 heterocycles. The zero-order chi connectivity index (χ0) is 22.8. The topological polar surface area (TPSA) is 86.1 Å². The standard InChI is InChI=1S/C25H30N4O2/c1-6-8-21(15-26-5)23-13-22(20-11-9-19(16-30)10-12-20)14-24(17(23)3)28-18(4)29-25(31)27-7-2/h6,8-15,30H,1,7,16H2,2-5H3,(H2,27,28,29,31)/b21-8+,26-15?. The Labute approximate surface area is 184 Å². The van der Waals surface area contributed by atoms with Crippen molar-refractivity contribution in [1.29, 1.82) is 0 Å². The largest absolute Gasteiger partial charge is 0.392 e. The molecule has 0 aliphatic carbocycles. The highest BCUT2D eigenvalue weighted by Gasteiger charge is 2.12. The first-order valence-electron chi connectivity index (χ1n) is 10.1. The van der Waals surface area contributed by atoms with E-state index in [1.165, 1.54) is 0 Å². The predicted octanol–water partition coefficient (Wildman–Crippen LogP) is 4.79. The first kappa shape index (κ1) is 23.8. The van der Waals surface area contributed by atoms with Crippen molar-refractivity contribution >= 4 is 29.3 Å². The number of urea groups is 1. The smallest absolute Gasteiger partial charge is 0.320 e. The Morgan fingerprint density at radius 3 is 2.48 bits per heavy atom. The van der Waals surface area contributed by atoms with Gasteiger partial charge in [-0.2, -0.15) is 0 Å². The Kier molecular flexibility index (Phi) is 8.91. The van der Waals surface area contributed by atoms with Gasteiger partial charge >= 0.3 is 6.03 Å². The second-order valence-corrected chi connectivity index (χ2v) is 6.95. The van der Waals surface area contributed by atoms with Crippen LogP contribution < -0.4 is 10.6 Å². The van der Waals surface area contributed by atoms with Crippen LogP contribution >= 0.6 is 0 Å². The number of rotatable bonds is 7. The SMILES string of the molecule is C=C/C=C(\C=NC)c1cc(-c2ccc(CO)cc2)cc(N=C(C)NC(=O)NCC)c1C. The van der Waals surface area contributed by atoms with Crippen molar-refractivity contribution in [2.75, 3.05) is 13.6 Å². The van der Waals surface area contributed by atoms with Crippen molar-refractivity contribution in [2.45, 2.75) is 27.4 Å². The van der Waals surface area contributed by atoms with Crippen LogP contribution in [0.1, 0.15) is 30.5 Å². The monoisotopic (exact) mass is 418 g/mol. The Hall–Kier alpha value is -3.51. The highest BCUT2D eigenvalue weighted by Crippen LogP contribution is 2.34. The molecule has 0 radical (unpaired) electrons. The third-order valence-electron chi connectivity index (χ3n) is 4.65. The summed E-state index contributed by atoms with van der Waals surface area (Å²) in [4.78, 5) is 20.7. The molecule has 2 amide bonds. The first-order valence-corrected chi connectivity index (χ1v) is 10.1. The fourth-order valence-corrected chi connectivity index (χ4v) is 3.13. The summed E-state index contributed by atoms with van der Waals surface area (Å²) in [7, 11) is 1.73. The van der Waals surface area contributed by atoms with Crippen LogP contribution in [-0.4, -0.2) is 36.8 Å². The molecule has 2 aromatic rings. The normalized spacial score (nSPS) is 12.2. The summed E-state index contributed by atoms with van der Waals surface area (Å²) in [6.45, 7) is 9.95. The maximum absolute atomic E-state index is 11.9. The molecule has 0 aliphatic rings. The molecule has 0 aromatic heterocycles. The lowest BCUT2D eigenvalue weighted by Crippen LogP contribution is -2.38. The molecule has 0 unspecified atom stereocenters. The molecule has 0 spiro atoms. The van der Waals surface area contributed by atoms with Gasteiger partial charge in [-0.25, -0.2) is 9.79 Å². The van der Waals surface area contributed by atoms with E-state index in [1.807, 2.05) is 50.3 Å². The summed E-state index contributed by atoms with van der Waals surface area (Å²) in [6, 6.07) is 11.5. The van der Waals surface area contributed by atoms with E-state index in [9.17, 15) is 9.90 Å². The van der Waals surface area contributed by atoms with Crippen LogP contribution in [0, 0.1) is 6.92 Å². The number of amidine groups is 1. The minimum atomic E-state index is -0.289. The van der Waals surface area contributed by atoms with Gasteiger partial charge in [-0.15, -0.1) is 0 Å². The molecule has 0 saturated carbocycles. The van der Waals surface area contributed by atoms with Crippen molar-refractivity contribution in [3.8, 4) is 11.1 Å². The van der Waals surface area contributed by atoms with E-state index < -0.39 is 0 Å². The molecule has 0 aliphatic heterocycles. The molecule has 0 saturated heterocycles. The molecule has 162 valence electrons. The zero-order valence-electron chi connectivity index (χ0n) is 18.6. The van der Waals surface area contributed by atoms with Gasteiger partial charge < -0.3 is 10.4 Å². The highest BCUT2D eigenvalue weighted by atomic mass is 16.3. The number of aliphatic imine (C=N–C) groups is 2. The Morgan fingerprint density at radius 1 is 1.19 bits per heavy atom. The number of carbonyl (C=O) groups is 1. The number of nitrogens with zero attached hydrogens (tertiary/aromatic N) is 2. The molecule has 31 heavy (non-hydrogen) atoms. The van der Waals surface area contributed by atoms with Crippen molar-refractivity contribution in [2.24, 2.45) is 9.98 Å². The van der Waals surface area contributed by atoms with Crippen LogP contribution in [0.25, 0.3) is 16.7 Å². The summed E-state index contributed by atoms with van der Waals surface area (Å²) in [5.74, 6) is 0.492. The summed E-state index contributed by atoms with van der Waals surface area (Å²) in [6.07, 6.45) is 5.42. The van der Waals surface area contributed by atoms with Crippen molar-refractivity contribution in [1.82, 2.24) is 10.6 Å². The van der Waals surface area contributed by atoms with E-state index in [-0.39, 0.29) is 12.6 Å². The van der Waals surface area contributed by atoms with E-state index in [1.54, 1.807) is 26.3 Å². The van der Waals surface area contributed by atoms with Gasteiger partial charge in [-0.3, -0.25) is 10.3 Å². The van der Waals surface area contributed by atoms with E-state index in [0.717, 1.165) is 39.1 Å². The lowest BCUT2D eigenvalue weighted by Gasteiger charge is -2.14. The number of hydrogen-bond donors (Lipinski definition) is 3. The highest BCUT2D eigenvalue weighted by molar-refractivity contribution is 6.11. The third-order valence-corrected chi connectivity index (χ3v) is 4.65. The minimum absolute atomic E-state index is 0.00115. The number of amides is 2. The van der Waals surface area contributed by atoms with Gasteiger partial charge in [0.2, 0.25) is 0 Å². The van der Waals surface area contributed by atoms with Gasteiger partial charge in [0.15, 0.2) is 0 Å². The van der Waals surface area contributed by atoms with Crippen LogP contribution in [0.2, 0.25) is 0 Å². The molecule has 6 nitrogen and oxygen atoms in total. The second kappa shape index (κ2) is 11.6. The molecule has 0 atom stereocenters. The first-order chi connectivity index (χ1) is 14.9. The van der Waals surface area contributed by atoms with Crippen molar-refractivity contribution in [3.63, 3.8) is 0 Å². The fraction of sp³-hybridized carbons (Fsp3) is 0.240. The quantitative estimate of drug-likeness (QED) is 0.343. The molecule has 0 fully saturated rings. The van der Waals surface area contributed by atoms with Crippen LogP contribution in [-0.2, 0) is 6.61 Å². The molecule has 6 heteroatoms. The van der Waals surface area contributed by atoms with Crippen molar-refractivity contribution in [3.05, 3.63) is 71.8 Å². The van der Waals surface area contributed by atoms with E-state index >= 15 is 0 Å². The number of hydrogen-bond acceptors (Lipinski definition) is 4. The summed E-state index contributed by atoms with van der Waals surface area (Å²) in [5, 5.41) is 14.8. The van der Waals surface area contributed by atoms with Gasteiger partial charge in [-0.1, -0.05) is 43.0 Å². The number of carbonyl (C=O) groups excluding carboxylic acids is 1. The van der Waals surface area contributed by atoms with Crippen molar-refractivity contribution < 1.29 is 9.90 Å². The van der Waals surface area contributed by atoms with Crippen LogP contribution in [0.4, 0.5) is 10.5 Å². The summed E-state index contributed by atoms with van der Waals surface area (Å²) >= 11 is 0. The fourth-order valence-electron chi connectivity index (χ4n) is 3.13. The van der Waals surface area contributed by atoms with Crippen LogP contribution in [0.3, 0.4) is 0 Å². The number of nitrogens with one attached hydrogen (secondary N) is 2. The van der Waals surface area contributed by atoms with Gasteiger partial charge in [0.25, 0.3) is 0 Å². The Balaban J connectivity index is 2.64. The average molecular weight is 419 g/mol. The summed E-state index contributed by atoms with van der Waals surface area (Å²) in [5.41, 5.74) is 6.40. The molecular weight excluding hydrogens is 388 g/mol. The predicted molar refractivity (Wildman–Crippen MR) is 130 cm³/mol. The average Bonchev–Trinajstić information content (AvgIpc) is 2.75. The third kappa shape index (κ3) is 6.49. The summed E-state index contributed by atoms with van der Waals surface area (Å²) < 4.78 is 0. The number of benzene rings is 2. The number of allylic oxidation sites excluding steroid dienone is 3. The minimum Gasteiger partial charge on any atom is -0.392 e. The molecule has 2 aromatic carbocycles. The number of aliphatic hydroxyl groups excluding tert-OH is 1. The molecular formula is C25H30N4O2. The zero-order valence-corrected chi connectivity index (χ0v) is 18.6. The van der Waals surface area contributed by atoms with E-state index in [4.69, 9.17) is 0 Å². The molecule has 2 rings (SSSR count). The van der Waals surface area contributed by atoms with Gasteiger partial charge in [-0.05, 0) is 66.3 Å². The van der Waals surface area contributed by atoms with Crippen LogP contribution in [0.5, 0.6) is 0 Å². The lowest BCUT2D eigenvalue weighted by atomic mass is 9.93.